The Labute approximate surface area is 104 Å². The van der Waals surface area contributed by atoms with Gasteiger partial charge in [-0.3, -0.25) is 10.1 Å². The van der Waals surface area contributed by atoms with E-state index in [9.17, 15) is 10.1 Å². The standard InChI is InChI=1S/C11H13N5O2/c12-5-8-3-4-14-11(10(8)16(17)18)15-9(6-13)7-1-2-7/h3-4,7,9H,1-2,6,13H2,(H,14,15). The molecule has 0 radical (unpaired) electrons. The summed E-state index contributed by atoms with van der Waals surface area (Å²) in [6.07, 6.45) is 3.52. The molecule has 18 heavy (non-hydrogen) atoms. The lowest BCUT2D eigenvalue weighted by Gasteiger charge is -2.16. The summed E-state index contributed by atoms with van der Waals surface area (Å²) in [7, 11) is 0. The van der Waals surface area contributed by atoms with Crippen LogP contribution in [0, 0.1) is 27.4 Å². The molecule has 1 fully saturated rings. The van der Waals surface area contributed by atoms with Crippen LogP contribution in [-0.2, 0) is 0 Å². The Bertz CT molecular complexity index is 507. The zero-order chi connectivity index (χ0) is 13.1. The van der Waals surface area contributed by atoms with Gasteiger partial charge < -0.3 is 11.1 Å². The summed E-state index contributed by atoms with van der Waals surface area (Å²) >= 11 is 0. The SMILES string of the molecule is N#Cc1ccnc(NC(CN)C2CC2)c1[N+](=O)[O-]. The Hall–Kier alpha value is -2.20. The van der Waals surface area contributed by atoms with Crippen molar-refractivity contribution < 1.29 is 4.92 Å². The number of nitrogens with one attached hydrogen (secondary N) is 1. The third-order valence-electron chi connectivity index (χ3n) is 2.99. The third kappa shape index (κ3) is 2.38. The summed E-state index contributed by atoms with van der Waals surface area (Å²) in [5.41, 5.74) is 5.36. The van der Waals surface area contributed by atoms with E-state index in [1.165, 1.54) is 12.3 Å². The van der Waals surface area contributed by atoms with Crippen LogP contribution < -0.4 is 11.1 Å². The first kappa shape index (κ1) is 12.3. The molecule has 0 aliphatic heterocycles. The number of anilines is 1. The molecule has 1 saturated carbocycles. The highest BCUT2D eigenvalue weighted by Crippen LogP contribution is 2.35. The predicted octanol–water partition coefficient (Wildman–Crippen LogP) is 1.01. The van der Waals surface area contributed by atoms with Crippen molar-refractivity contribution in [2.75, 3.05) is 11.9 Å². The lowest BCUT2D eigenvalue weighted by Crippen LogP contribution is -2.31. The van der Waals surface area contributed by atoms with Gasteiger partial charge >= 0.3 is 5.69 Å². The van der Waals surface area contributed by atoms with Crippen molar-refractivity contribution in [3.63, 3.8) is 0 Å². The Balaban J connectivity index is 2.31. The third-order valence-corrected chi connectivity index (χ3v) is 2.99. The number of hydrogen-bond acceptors (Lipinski definition) is 6. The number of nitriles is 1. The first-order valence-electron chi connectivity index (χ1n) is 5.67. The second-order valence-corrected chi connectivity index (χ2v) is 4.25. The van der Waals surface area contributed by atoms with Crippen LogP contribution in [0.3, 0.4) is 0 Å². The van der Waals surface area contributed by atoms with E-state index in [0.717, 1.165) is 12.8 Å². The van der Waals surface area contributed by atoms with Gasteiger partial charge in [-0.2, -0.15) is 5.26 Å². The van der Waals surface area contributed by atoms with Gasteiger partial charge in [-0.25, -0.2) is 4.98 Å². The van der Waals surface area contributed by atoms with E-state index in [1.54, 1.807) is 6.07 Å². The van der Waals surface area contributed by atoms with Gasteiger partial charge in [0.25, 0.3) is 0 Å². The average Bonchev–Trinajstić information content (AvgIpc) is 3.19. The van der Waals surface area contributed by atoms with Crippen LogP contribution in [0.5, 0.6) is 0 Å². The maximum absolute atomic E-state index is 11.0. The molecule has 0 saturated heterocycles. The molecule has 0 bridgehead atoms. The quantitative estimate of drug-likeness (QED) is 0.592. The lowest BCUT2D eigenvalue weighted by atomic mass is 10.1. The van der Waals surface area contributed by atoms with Crippen LogP contribution in [0.2, 0.25) is 0 Å². The molecule has 1 heterocycles. The van der Waals surface area contributed by atoms with Crippen LogP contribution in [-0.4, -0.2) is 22.5 Å². The van der Waals surface area contributed by atoms with Crippen LogP contribution >= 0.6 is 0 Å². The largest absolute Gasteiger partial charge is 0.360 e. The van der Waals surface area contributed by atoms with E-state index >= 15 is 0 Å². The Morgan fingerprint density at radius 3 is 2.94 bits per heavy atom. The number of nitro groups is 1. The summed E-state index contributed by atoms with van der Waals surface area (Å²) in [5.74, 6) is 0.573. The van der Waals surface area contributed by atoms with Crippen molar-refractivity contribution >= 4 is 11.5 Å². The summed E-state index contributed by atoms with van der Waals surface area (Å²) in [5, 5.41) is 22.9. The highest BCUT2D eigenvalue weighted by atomic mass is 16.6. The molecule has 1 atom stereocenters. The zero-order valence-corrected chi connectivity index (χ0v) is 9.67. The molecule has 94 valence electrons. The fourth-order valence-corrected chi connectivity index (χ4v) is 1.88. The van der Waals surface area contributed by atoms with E-state index < -0.39 is 4.92 Å². The molecule has 1 aromatic heterocycles. The van der Waals surface area contributed by atoms with Crippen molar-refractivity contribution in [1.82, 2.24) is 4.98 Å². The molecule has 1 aliphatic rings. The Morgan fingerprint density at radius 1 is 1.72 bits per heavy atom. The van der Waals surface area contributed by atoms with Crippen LogP contribution in [0.1, 0.15) is 18.4 Å². The van der Waals surface area contributed by atoms with Crippen molar-refractivity contribution in [1.29, 1.82) is 5.26 Å². The summed E-state index contributed by atoms with van der Waals surface area (Å²) in [6, 6.07) is 3.11. The number of nitrogens with zero attached hydrogens (tertiary/aromatic N) is 3. The minimum atomic E-state index is -0.589. The molecule has 7 nitrogen and oxygen atoms in total. The van der Waals surface area contributed by atoms with Crippen LogP contribution in [0.4, 0.5) is 11.5 Å². The van der Waals surface area contributed by atoms with Gasteiger partial charge in [0, 0.05) is 18.8 Å². The van der Waals surface area contributed by atoms with Gasteiger partial charge in [0.15, 0.2) is 0 Å². The molecule has 0 aromatic carbocycles. The topological polar surface area (TPSA) is 118 Å². The number of rotatable bonds is 5. The summed E-state index contributed by atoms with van der Waals surface area (Å²) < 4.78 is 0. The molecule has 1 aromatic rings. The average molecular weight is 247 g/mol. The fourth-order valence-electron chi connectivity index (χ4n) is 1.88. The minimum Gasteiger partial charge on any atom is -0.360 e. The molecule has 7 heteroatoms. The number of nitrogens with two attached hydrogens (primary N) is 1. The number of hydrogen-bond donors (Lipinski definition) is 2. The van der Waals surface area contributed by atoms with Gasteiger partial charge in [-0.1, -0.05) is 0 Å². The molecular weight excluding hydrogens is 234 g/mol. The molecule has 1 aliphatic carbocycles. The molecule has 0 spiro atoms. The first-order valence-corrected chi connectivity index (χ1v) is 5.67. The molecular formula is C11H13N5O2. The molecule has 1 unspecified atom stereocenters. The second kappa shape index (κ2) is 4.98. The predicted molar refractivity (Wildman–Crippen MR) is 64.8 cm³/mol. The smallest absolute Gasteiger partial charge is 0.328 e. The van der Waals surface area contributed by atoms with Crippen LogP contribution in [0.25, 0.3) is 0 Å². The van der Waals surface area contributed by atoms with Crippen molar-refractivity contribution in [2.45, 2.75) is 18.9 Å². The summed E-state index contributed by atoms with van der Waals surface area (Å²) in [4.78, 5) is 14.4. The van der Waals surface area contributed by atoms with E-state index in [4.69, 9.17) is 11.0 Å². The van der Waals surface area contributed by atoms with E-state index in [0.29, 0.717) is 12.5 Å². The molecule has 0 amide bonds. The second-order valence-electron chi connectivity index (χ2n) is 4.25. The minimum absolute atomic E-state index is 0.00377. The molecule has 2 rings (SSSR count). The molecule has 3 N–H and O–H groups in total. The van der Waals surface area contributed by atoms with Crippen molar-refractivity contribution in [3.8, 4) is 6.07 Å². The van der Waals surface area contributed by atoms with Gasteiger partial charge in [-0.05, 0) is 24.8 Å². The van der Waals surface area contributed by atoms with E-state index in [2.05, 4.69) is 10.3 Å². The fraction of sp³-hybridized carbons (Fsp3) is 0.455. The summed E-state index contributed by atoms with van der Waals surface area (Å²) in [6.45, 7) is 0.389. The normalized spacial score (nSPS) is 15.8. The first-order chi connectivity index (χ1) is 8.67. The highest BCUT2D eigenvalue weighted by Gasteiger charge is 2.32. The van der Waals surface area contributed by atoms with E-state index in [1.807, 2.05) is 0 Å². The number of aromatic nitrogens is 1. The van der Waals surface area contributed by atoms with Crippen LogP contribution in [0.15, 0.2) is 12.3 Å². The number of pyridine rings is 1. The van der Waals surface area contributed by atoms with Gasteiger partial charge in [-0.15, -0.1) is 0 Å². The van der Waals surface area contributed by atoms with Crippen molar-refractivity contribution in [3.05, 3.63) is 27.9 Å². The van der Waals surface area contributed by atoms with E-state index in [-0.39, 0.29) is 23.1 Å². The monoisotopic (exact) mass is 247 g/mol. The van der Waals surface area contributed by atoms with Gasteiger partial charge in [0.05, 0.1) is 4.92 Å². The van der Waals surface area contributed by atoms with Crippen molar-refractivity contribution in [2.24, 2.45) is 11.7 Å². The van der Waals surface area contributed by atoms with Gasteiger partial charge in [0.2, 0.25) is 5.82 Å². The van der Waals surface area contributed by atoms with Gasteiger partial charge in [0.1, 0.15) is 11.6 Å². The lowest BCUT2D eigenvalue weighted by molar-refractivity contribution is -0.384. The highest BCUT2D eigenvalue weighted by molar-refractivity contribution is 5.64. The maximum Gasteiger partial charge on any atom is 0.328 e. The Morgan fingerprint density at radius 2 is 2.44 bits per heavy atom. The Kier molecular flexibility index (Phi) is 3.39. The maximum atomic E-state index is 11.0. The zero-order valence-electron chi connectivity index (χ0n) is 9.67.